The van der Waals surface area contributed by atoms with Crippen molar-refractivity contribution in [2.75, 3.05) is 17.4 Å². The number of aromatic amines is 1. The van der Waals surface area contributed by atoms with E-state index in [1.165, 1.54) is 35.6 Å². The Kier molecular flexibility index (Phi) is 9.28. The maximum absolute atomic E-state index is 13.4. The van der Waals surface area contributed by atoms with Gasteiger partial charge in [-0.1, -0.05) is 23.7 Å². The van der Waals surface area contributed by atoms with Crippen LogP contribution >= 0.6 is 11.6 Å². The molecule has 0 spiro atoms. The van der Waals surface area contributed by atoms with Crippen LogP contribution in [-0.2, 0) is 16.0 Å². The molecule has 204 valence electrons. The number of anilines is 2. The lowest BCUT2D eigenvalue weighted by atomic mass is 10.0. The minimum Gasteiger partial charge on any atom is -0.340 e. The number of aromatic nitrogens is 4. The molecule has 13 heteroatoms. The van der Waals surface area contributed by atoms with E-state index in [0.29, 0.717) is 33.3 Å². The molecule has 0 unspecified atom stereocenters. The molecule has 4 rings (SSSR count). The summed E-state index contributed by atoms with van der Waals surface area (Å²) < 4.78 is 13.4. The van der Waals surface area contributed by atoms with Gasteiger partial charge in [0, 0.05) is 41.4 Å². The zero-order valence-electron chi connectivity index (χ0n) is 21.3. The highest BCUT2D eigenvalue weighted by Crippen LogP contribution is 2.24. The Balaban J connectivity index is 1.51. The average Bonchev–Trinajstić information content (AvgIpc) is 3.48. The van der Waals surface area contributed by atoms with Crippen LogP contribution in [0.4, 0.5) is 15.8 Å². The first-order valence-corrected chi connectivity index (χ1v) is 12.3. The Morgan fingerprint density at radius 1 is 1.15 bits per heavy atom. The molecule has 1 heterocycles. The Labute approximate surface area is 233 Å². The molecular formula is C27H25ClFN9O2. The van der Waals surface area contributed by atoms with E-state index in [-0.39, 0.29) is 6.42 Å². The summed E-state index contributed by atoms with van der Waals surface area (Å²) in [6.07, 6.45) is 4.35. The SMILES string of the molecule is CN=CN(N)c1ccc(Cl)cc1/C=C/C(=O)N[C@@H](Cc1ccc(F)cc1)C(=O)Nc1ccc(-c2nnn[nH]2)cc1. The summed E-state index contributed by atoms with van der Waals surface area (Å²) in [5, 5.41) is 20.9. The highest BCUT2D eigenvalue weighted by atomic mass is 35.5. The Bertz CT molecular complexity index is 1510. The standard InChI is InChI=1S/C27H25ClFN9O2/c1-31-16-38(30)24-12-7-20(28)15-19(24)6-13-25(39)33-23(14-17-2-8-21(29)9-3-17)27(40)32-22-10-4-18(5-11-22)26-34-36-37-35-26/h2-13,15-16,23H,14,30H2,1H3,(H,32,40)(H,33,39)(H,34,35,36,37)/b13-6+,31-16?/t23-/m0/s1. The quantitative estimate of drug-likeness (QED) is 0.0760. The fourth-order valence-electron chi connectivity index (χ4n) is 3.75. The Morgan fingerprint density at radius 3 is 2.58 bits per heavy atom. The summed E-state index contributed by atoms with van der Waals surface area (Å²) in [4.78, 5) is 30.1. The number of aliphatic imine (C=N–C) groups is 1. The van der Waals surface area contributed by atoms with Crippen molar-refractivity contribution >= 4 is 47.2 Å². The summed E-state index contributed by atoms with van der Waals surface area (Å²) in [5.41, 5.74) is 3.01. The fourth-order valence-corrected chi connectivity index (χ4v) is 3.93. The third-order valence-corrected chi connectivity index (χ3v) is 5.91. The lowest BCUT2D eigenvalue weighted by Crippen LogP contribution is -2.44. The van der Waals surface area contributed by atoms with Crippen molar-refractivity contribution in [3.05, 3.63) is 94.8 Å². The van der Waals surface area contributed by atoms with Gasteiger partial charge >= 0.3 is 0 Å². The number of nitrogens with one attached hydrogen (secondary N) is 3. The highest BCUT2D eigenvalue weighted by Gasteiger charge is 2.21. The van der Waals surface area contributed by atoms with Crippen LogP contribution in [-0.4, -0.2) is 51.9 Å². The zero-order chi connectivity index (χ0) is 28.5. The van der Waals surface area contributed by atoms with Gasteiger partial charge in [-0.25, -0.2) is 15.3 Å². The molecule has 0 aliphatic carbocycles. The lowest BCUT2D eigenvalue weighted by molar-refractivity contribution is -0.123. The van der Waals surface area contributed by atoms with Crippen molar-refractivity contribution in [1.82, 2.24) is 25.9 Å². The number of hydrogen-bond acceptors (Lipinski definition) is 7. The second kappa shape index (κ2) is 13.2. The maximum Gasteiger partial charge on any atom is 0.247 e. The molecule has 2 amide bonds. The summed E-state index contributed by atoms with van der Waals surface area (Å²) >= 11 is 6.14. The van der Waals surface area contributed by atoms with Gasteiger partial charge < -0.3 is 10.6 Å². The van der Waals surface area contributed by atoms with Gasteiger partial charge in [-0.3, -0.25) is 19.6 Å². The number of amides is 2. The van der Waals surface area contributed by atoms with Crippen molar-refractivity contribution in [2.45, 2.75) is 12.5 Å². The van der Waals surface area contributed by atoms with Crippen LogP contribution in [0.15, 0.2) is 77.8 Å². The van der Waals surface area contributed by atoms with Gasteiger partial charge in [-0.05, 0) is 76.7 Å². The number of hydrogen-bond donors (Lipinski definition) is 4. The number of carbonyl (C=O) groups is 2. The van der Waals surface area contributed by atoms with E-state index in [1.54, 1.807) is 61.6 Å². The van der Waals surface area contributed by atoms with Crippen LogP contribution < -0.4 is 21.5 Å². The number of tetrazole rings is 1. The van der Waals surface area contributed by atoms with Crippen LogP contribution in [0.5, 0.6) is 0 Å². The number of rotatable bonds is 10. The van der Waals surface area contributed by atoms with Crippen molar-refractivity contribution in [1.29, 1.82) is 0 Å². The lowest BCUT2D eigenvalue weighted by Gasteiger charge is -2.18. The molecule has 0 aliphatic heterocycles. The molecule has 1 aromatic heterocycles. The van der Waals surface area contributed by atoms with E-state index in [0.717, 1.165) is 5.56 Å². The van der Waals surface area contributed by atoms with Crippen LogP contribution in [0.1, 0.15) is 11.1 Å². The third kappa shape index (κ3) is 7.56. The predicted molar refractivity (Wildman–Crippen MR) is 152 cm³/mol. The summed E-state index contributed by atoms with van der Waals surface area (Å²) in [5.74, 6) is 5.09. The highest BCUT2D eigenvalue weighted by molar-refractivity contribution is 6.30. The van der Waals surface area contributed by atoms with Crippen LogP contribution in [0, 0.1) is 5.82 Å². The Morgan fingerprint density at radius 2 is 1.90 bits per heavy atom. The minimum atomic E-state index is -0.974. The molecule has 3 aromatic carbocycles. The van der Waals surface area contributed by atoms with Gasteiger partial charge in [-0.15, -0.1) is 5.10 Å². The molecule has 0 radical (unpaired) electrons. The van der Waals surface area contributed by atoms with Gasteiger partial charge in [0.2, 0.25) is 11.8 Å². The first-order valence-electron chi connectivity index (χ1n) is 12.0. The van der Waals surface area contributed by atoms with E-state index in [4.69, 9.17) is 17.4 Å². The molecule has 0 aliphatic rings. The monoisotopic (exact) mass is 561 g/mol. The van der Waals surface area contributed by atoms with Gasteiger partial charge in [0.05, 0.1) is 5.69 Å². The van der Waals surface area contributed by atoms with Gasteiger partial charge in [0.15, 0.2) is 5.82 Å². The third-order valence-electron chi connectivity index (χ3n) is 5.68. The average molecular weight is 562 g/mol. The molecule has 0 bridgehead atoms. The van der Waals surface area contributed by atoms with Crippen molar-refractivity contribution < 1.29 is 14.0 Å². The predicted octanol–water partition coefficient (Wildman–Crippen LogP) is 3.38. The number of halogens is 2. The number of nitrogens with two attached hydrogens (primary N) is 1. The summed E-state index contributed by atoms with van der Waals surface area (Å²) in [6.45, 7) is 0. The molecule has 5 N–H and O–H groups in total. The van der Waals surface area contributed by atoms with E-state index >= 15 is 0 Å². The molecule has 11 nitrogen and oxygen atoms in total. The number of H-pyrrole nitrogens is 1. The molecule has 4 aromatic rings. The summed E-state index contributed by atoms with van der Waals surface area (Å²) in [7, 11) is 1.58. The Hall–Kier alpha value is -4.94. The van der Waals surface area contributed by atoms with Crippen molar-refractivity contribution in [3.63, 3.8) is 0 Å². The van der Waals surface area contributed by atoms with Crippen LogP contribution in [0.25, 0.3) is 17.5 Å². The first-order chi connectivity index (χ1) is 19.3. The largest absolute Gasteiger partial charge is 0.340 e. The number of carbonyl (C=O) groups excluding carboxylic acids is 2. The number of benzene rings is 3. The normalized spacial score (nSPS) is 12.0. The van der Waals surface area contributed by atoms with Crippen molar-refractivity contribution in [2.24, 2.45) is 10.8 Å². The van der Waals surface area contributed by atoms with Gasteiger partial charge in [-0.2, -0.15) is 0 Å². The van der Waals surface area contributed by atoms with E-state index < -0.39 is 23.7 Å². The molecule has 40 heavy (non-hydrogen) atoms. The molecular weight excluding hydrogens is 537 g/mol. The molecule has 1 atom stereocenters. The minimum absolute atomic E-state index is 0.124. The fraction of sp³-hybridized carbons (Fsp3) is 0.111. The second-order valence-corrected chi connectivity index (χ2v) is 8.96. The van der Waals surface area contributed by atoms with Gasteiger partial charge in [0.1, 0.15) is 18.2 Å². The molecule has 0 saturated carbocycles. The van der Waals surface area contributed by atoms with Crippen LogP contribution in [0.3, 0.4) is 0 Å². The zero-order valence-corrected chi connectivity index (χ0v) is 22.0. The topological polar surface area (TPSA) is 154 Å². The number of hydrazine groups is 1. The van der Waals surface area contributed by atoms with E-state index in [1.807, 2.05) is 0 Å². The van der Waals surface area contributed by atoms with Crippen molar-refractivity contribution in [3.8, 4) is 11.4 Å². The number of nitrogens with zero attached hydrogens (tertiary/aromatic N) is 5. The van der Waals surface area contributed by atoms with E-state index in [2.05, 4.69) is 36.3 Å². The molecule has 0 saturated heterocycles. The van der Waals surface area contributed by atoms with E-state index in [9.17, 15) is 14.0 Å². The smallest absolute Gasteiger partial charge is 0.247 e. The van der Waals surface area contributed by atoms with Crippen LogP contribution in [0.2, 0.25) is 5.02 Å². The first kappa shape index (κ1) is 28.1. The van der Waals surface area contributed by atoms with Gasteiger partial charge in [0.25, 0.3) is 0 Å². The molecule has 0 fully saturated rings. The maximum atomic E-state index is 13.4. The second-order valence-electron chi connectivity index (χ2n) is 8.53. The summed E-state index contributed by atoms with van der Waals surface area (Å²) in [6, 6.07) is 16.6.